The highest BCUT2D eigenvalue weighted by atomic mass is 32.1. The summed E-state index contributed by atoms with van der Waals surface area (Å²) in [7, 11) is 0. The Balaban J connectivity index is 1.92. The molecule has 1 unspecified atom stereocenters. The van der Waals surface area contributed by atoms with Crippen LogP contribution in [0.15, 0.2) is 53.5 Å². The lowest BCUT2D eigenvalue weighted by Gasteiger charge is -2.32. The first-order valence-corrected chi connectivity index (χ1v) is 10.6. The first-order valence-electron chi connectivity index (χ1n) is 10.2. The van der Waals surface area contributed by atoms with Gasteiger partial charge in [0.2, 0.25) is 0 Å². The summed E-state index contributed by atoms with van der Waals surface area (Å²) in [5.41, 5.74) is 1.33. The number of benzene rings is 2. The highest BCUT2D eigenvalue weighted by Gasteiger charge is 2.57. The number of esters is 1. The third-order valence-corrected chi connectivity index (χ3v) is 5.64. The fraction of sp³-hybridized carbons (Fsp3) is 0.318. The number of aliphatic imine (C=N–C) groups is 1. The minimum atomic E-state index is -1.52. The van der Waals surface area contributed by atoms with Crippen LogP contribution in [0.1, 0.15) is 42.6 Å². The molecule has 8 nitrogen and oxygen atoms in total. The zero-order valence-electron chi connectivity index (χ0n) is 17.3. The maximum Gasteiger partial charge on any atom is 0.342 e. The van der Waals surface area contributed by atoms with Crippen LogP contribution in [0.3, 0.4) is 0 Å². The van der Waals surface area contributed by atoms with E-state index in [9.17, 15) is 14.9 Å². The molecule has 0 radical (unpaired) electrons. The van der Waals surface area contributed by atoms with Crippen molar-refractivity contribution in [1.82, 2.24) is 4.90 Å². The van der Waals surface area contributed by atoms with E-state index in [0.717, 1.165) is 25.9 Å². The molecule has 2 aliphatic rings. The van der Waals surface area contributed by atoms with Gasteiger partial charge in [-0.15, -0.1) is 0 Å². The Bertz CT molecular complexity index is 1100. The van der Waals surface area contributed by atoms with Crippen LogP contribution >= 0.6 is 12.2 Å². The van der Waals surface area contributed by atoms with Crippen LogP contribution in [-0.2, 0) is 10.6 Å². The summed E-state index contributed by atoms with van der Waals surface area (Å²) >= 11 is 5.83. The number of carbonyl (C=O) groups excluding carboxylic acids is 1. The molecule has 2 aliphatic heterocycles. The predicted molar refractivity (Wildman–Crippen MR) is 121 cm³/mol. The molecule has 0 saturated carbocycles. The second-order valence-corrected chi connectivity index (χ2v) is 7.77. The second kappa shape index (κ2) is 8.07. The molecule has 4 rings (SSSR count). The number of rotatable bonds is 6. The molecule has 2 heterocycles. The first kappa shape index (κ1) is 20.9. The molecule has 0 aromatic heterocycles. The normalized spacial score (nSPS) is 19.4. The number of ether oxygens (including phenoxy) is 1. The highest BCUT2D eigenvalue weighted by molar-refractivity contribution is 7.82. The number of hydrogen-bond donors (Lipinski definition) is 0. The molecule has 0 fully saturated rings. The topological polar surface area (TPSA) is 88.3 Å². The molecule has 0 saturated heterocycles. The minimum absolute atomic E-state index is 0.0829. The smallest absolute Gasteiger partial charge is 0.342 e. The number of nitro groups is 1. The summed E-state index contributed by atoms with van der Waals surface area (Å²) in [6.45, 7) is 5.61. The second-order valence-electron chi connectivity index (χ2n) is 7.38. The zero-order valence-corrected chi connectivity index (χ0v) is 18.1. The molecule has 0 N–H and O–H groups in total. The van der Waals surface area contributed by atoms with Crippen molar-refractivity contribution in [2.75, 3.05) is 18.0 Å². The summed E-state index contributed by atoms with van der Waals surface area (Å²) in [5, 5.41) is 11.4. The molecular formula is C22H22N4O4S. The molecule has 0 amide bonds. The average molecular weight is 439 g/mol. The molecular weight excluding hydrogens is 416 g/mol. The summed E-state index contributed by atoms with van der Waals surface area (Å²) < 4.78 is 5.87. The molecule has 0 aliphatic carbocycles. The van der Waals surface area contributed by atoms with Gasteiger partial charge in [0.05, 0.1) is 21.7 Å². The molecule has 2 aromatic carbocycles. The predicted octanol–water partition coefficient (Wildman–Crippen LogP) is 4.24. The lowest BCUT2D eigenvalue weighted by Crippen LogP contribution is -2.46. The van der Waals surface area contributed by atoms with Crippen molar-refractivity contribution in [1.29, 1.82) is 0 Å². The van der Waals surface area contributed by atoms with Gasteiger partial charge in [-0.25, -0.2) is 4.79 Å². The zero-order chi connectivity index (χ0) is 22.2. The van der Waals surface area contributed by atoms with Gasteiger partial charge in [-0.1, -0.05) is 44.3 Å². The van der Waals surface area contributed by atoms with Gasteiger partial charge in [-0.3, -0.25) is 15.0 Å². The first-order chi connectivity index (χ1) is 14.9. The molecule has 31 heavy (non-hydrogen) atoms. The molecule has 1 spiro atoms. The largest absolute Gasteiger partial charge is 0.409 e. The SMILES string of the molecule is CCCN(CCC)C1=NC2(OC(=O)c3ccccc32)N(c2cccc([N+](=O)[O-])c2)C1=S. The van der Waals surface area contributed by atoms with Gasteiger partial charge >= 0.3 is 11.8 Å². The Kier molecular flexibility index (Phi) is 5.45. The van der Waals surface area contributed by atoms with E-state index in [1.165, 1.54) is 12.1 Å². The molecule has 1 atom stereocenters. The number of nitro benzene ring substituents is 1. The van der Waals surface area contributed by atoms with Crippen LogP contribution in [0.2, 0.25) is 0 Å². The number of fused-ring (bicyclic) bond motifs is 2. The van der Waals surface area contributed by atoms with Crippen molar-refractivity contribution in [3.63, 3.8) is 0 Å². The Labute approximate surface area is 185 Å². The quantitative estimate of drug-likeness (QED) is 0.288. The van der Waals surface area contributed by atoms with Gasteiger partial charge in [-0.05, 0) is 31.0 Å². The van der Waals surface area contributed by atoms with Crippen LogP contribution in [-0.4, -0.2) is 39.7 Å². The van der Waals surface area contributed by atoms with E-state index in [1.54, 1.807) is 41.3 Å². The number of thiocarbonyl (C=S) groups is 1. The summed E-state index contributed by atoms with van der Waals surface area (Å²) in [4.78, 5) is 32.6. The van der Waals surface area contributed by atoms with Crippen LogP contribution < -0.4 is 4.90 Å². The maximum atomic E-state index is 12.7. The molecule has 9 heteroatoms. The van der Waals surface area contributed by atoms with E-state index >= 15 is 0 Å². The van der Waals surface area contributed by atoms with Crippen molar-refractivity contribution in [2.45, 2.75) is 32.5 Å². The third-order valence-electron chi connectivity index (χ3n) is 5.27. The maximum absolute atomic E-state index is 12.7. The van der Waals surface area contributed by atoms with Crippen molar-refractivity contribution in [2.24, 2.45) is 4.99 Å². The van der Waals surface area contributed by atoms with Crippen molar-refractivity contribution < 1.29 is 14.5 Å². The van der Waals surface area contributed by atoms with E-state index < -0.39 is 16.7 Å². The van der Waals surface area contributed by atoms with E-state index in [4.69, 9.17) is 21.9 Å². The number of anilines is 1. The monoisotopic (exact) mass is 438 g/mol. The number of nitrogens with zero attached hydrogens (tertiary/aromatic N) is 4. The van der Waals surface area contributed by atoms with E-state index in [1.807, 2.05) is 0 Å². The Morgan fingerprint density at radius 1 is 1.16 bits per heavy atom. The van der Waals surface area contributed by atoms with E-state index in [-0.39, 0.29) is 5.69 Å². The van der Waals surface area contributed by atoms with Gasteiger partial charge in [0.15, 0.2) is 10.8 Å². The molecule has 2 aromatic rings. The summed E-state index contributed by atoms with van der Waals surface area (Å²) in [6.07, 6.45) is 1.78. The van der Waals surface area contributed by atoms with Crippen LogP contribution in [0.25, 0.3) is 0 Å². The molecule has 160 valence electrons. The lowest BCUT2D eigenvalue weighted by molar-refractivity contribution is -0.384. The number of amidine groups is 1. The Hall–Kier alpha value is -3.33. The van der Waals surface area contributed by atoms with Gasteiger partial charge in [-0.2, -0.15) is 4.99 Å². The summed E-state index contributed by atoms with van der Waals surface area (Å²) in [5.74, 6) is -1.47. The van der Waals surface area contributed by atoms with Gasteiger partial charge in [0.25, 0.3) is 5.69 Å². The minimum Gasteiger partial charge on any atom is -0.409 e. The average Bonchev–Trinajstić information content (AvgIpc) is 3.21. The van der Waals surface area contributed by atoms with Gasteiger partial charge < -0.3 is 9.64 Å². The lowest BCUT2D eigenvalue weighted by atomic mass is 10.0. The van der Waals surface area contributed by atoms with Crippen molar-refractivity contribution in [3.8, 4) is 0 Å². The fourth-order valence-electron chi connectivity index (χ4n) is 4.02. The number of carbonyl (C=O) groups is 1. The standard InChI is InChI=1S/C22H22N4O4S/c1-3-12-24(13-4-2)19-20(31)25(15-8-7-9-16(14-15)26(28)29)22(23-19)18-11-6-5-10-17(18)21(27)30-22/h5-11,14H,3-4,12-13H2,1-2H3. The summed E-state index contributed by atoms with van der Waals surface area (Å²) in [6, 6.07) is 13.2. The van der Waals surface area contributed by atoms with Crippen molar-refractivity contribution >= 4 is 40.4 Å². The van der Waals surface area contributed by atoms with E-state index in [2.05, 4.69) is 18.7 Å². The Morgan fingerprint density at radius 3 is 2.55 bits per heavy atom. The van der Waals surface area contributed by atoms with Crippen molar-refractivity contribution in [3.05, 3.63) is 69.8 Å². The Morgan fingerprint density at radius 2 is 1.87 bits per heavy atom. The van der Waals surface area contributed by atoms with E-state index in [0.29, 0.717) is 27.6 Å². The fourth-order valence-corrected chi connectivity index (χ4v) is 4.42. The highest BCUT2D eigenvalue weighted by Crippen LogP contribution is 2.47. The molecule has 0 bridgehead atoms. The number of hydrogen-bond acceptors (Lipinski definition) is 7. The van der Waals surface area contributed by atoms with Crippen LogP contribution in [0.4, 0.5) is 11.4 Å². The third kappa shape index (κ3) is 3.34. The van der Waals surface area contributed by atoms with Crippen LogP contribution in [0, 0.1) is 10.1 Å². The van der Waals surface area contributed by atoms with Gasteiger partial charge in [0.1, 0.15) is 0 Å². The number of non-ortho nitro benzene ring substituents is 1. The van der Waals surface area contributed by atoms with Crippen LogP contribution in [0.5, 0.6) is 0 Å². The van der Waals surface area contributed by atoms with Gasteiger partial charge in [0, 0.05) is 25.2 Å².